The van der Waals surface area contributed by atoms with E-state index in [9.17, 15) is 4.79 Å². The van der Waals surface area contributed by atoms with E-state index in [1.807, 2.05) is 0 Å². The van der Waals surface area contributed by atoms with Crippen LogP contribution in [0, 0.1) is 5.92 Å². The molecule has 3 rings (SSSR count). The van der Waals surface area contributed by atoms with Crippen molar-refractivity contribution in [3.8, 4) is 0 Å². The number of thiazole rings is 1. The Morgan fingerprint density at radius 3 is 2.89 bits per heavy atom. The van der Waals surface area contributed by atoms with E-state index in [2.05, 4.69) is 15.6 Å². The third-order valence-electron chi connectivity index (χ3n) is 4.02. The van der Waals surface area contributed by atoms with Crippen molar-refractivity contribution in [2.75, 3.05) is 18.4 Å². The Kier molecular flexibility index (Phi) is 4.13. The number of anilines is 1. The van der Waals surface area contributed by atoms with Crippen molar-refractivity contribution in [3.05, 3.63) is 10.6 Å². The van der Waals surface area contributed by atoms with E-state index in [0.29, 0.717) is 12.3 Å². The molecule has 4 nitrogen and oxygen atoms in total. The molecule has 1 aromatic heterocycles. The number of fused-ring (bicyclic) bond motifs is 1. The lowest BCUT2D eigenvalue weighted by Crippen LogP contribution is -2.30. The summed E-state index contributed by atoms with van der Waals surface area (Å²) in [7, 11) is 0. The average Bonchev–Trinajstić information content (AvgIpc) is 2.81. The molecule has 0 saturated carbocycles. The van der Waals surface area contributed by atoms with Gasteiger partial charge >= 0.3 is 0 Å². The summed E-state index contributed by atoms with van der Waals surface area (Å²) in [6.07, 6.45) is 7.58. The van der Waals surface area contributed by atoms with Gasteiger partial charge in [0.25, 0.3) is 0 Å². The van der Waals surface area contributed by atoms with E-state index in [1.165, 1.54) is 23.4 Å². The Balaban J connectivity index is 1.55. The maximum Gasteiger partial charge on any atom is 0.226 e. The molecule has 1 aliphatic carbocycles. The van der Waals surface area contributed by atoms with E-state index >= 15 is 0 Å². The number of nitrogens with zero attached hydrogens (tertiary/aromatic N) is 1. The fourth-order valence-corrected chi connectivity index (χ4v) is 3.99. The van der Waals surface area contributed by atoms with Crippen LogP contribution in [-0.4, -0.2) is 24.0 Å². The first-order valence-electron chi connectivity index (χ1n) is 7.30. The Hall–Kier alpha value is -0.940. The van der Waals surface area contributed by atoms with Crippen LogP contribution in [0.1, 0.15) is 42.7 Å². The molecule has 1 amide bonds. The first-order valence-corrected chi connectivity index (χ1v) is 8.12. The summed E-state index contributed by atoms with van der Waals surface area (Å²) in [4.78, 5) is 18.0. The molecule has 0 atom stereocenters. The fraction of sp³-hybridized carbons (Fsp3) is 0.714. The molecule has 1 aromatic rings. The Labute approximate surface area is 118 Å². The second-order valence-corrected chi connectivity index (χ2v) is 6.63. The SMILES string of the molecule is O=C(CC1CCNCC1)Nc1nc2c(s1)CCCC2. The number of carbonyl (C=O) groups is 1. The second kappa shape index (κ2) is 6.01. The zero-order chi connectivity index (χ0) is 13.1. The minimum Gasteiger partial charge on any atom is -0.317 e. The third kappa shape index (κ3) is 3.34. The van der Waals surface area contributed by atoms with E-state index in [-0.39, 0.29) is 5.91 Å². The Morgan fingerprint density at radius 1 is 1.32 bits per heavy atom. The van der Waals surface area contributed by atoms with Crippen LogP contribution in [0.15, 0.2) is 0 Å². The summed E-state index contributed by atoms with van der Waals surface area (Å²) in [6.45, 7) is 2.09. The maximum absolute atomic E-state index is 12.0. The molecule has 0 radical (unpaired) electrons. The van der Waals surface area contributed by atoms with Crippen molar-refractivity contribution in [2.24, 2.45) is 5.92 Å². The minimum atomic E-state index is 0.137. The highest BCUT2D eigenvalue weighted by atomic mass is 32.1. The molecule has 1 saturated heterocycles. The molecule has 0 spiro atoms. The summed E-state index contributed by atoms with van der Waals surface area (Å²) >= 11 is 1.67. The van der Waals surface area contributed by atoms with Gasteiger partial charge < -0.3 is 10.6 Å². The van der Waals surface area contributed by atoms with Gasteiger partial charge in [-0.1, -0.05) is 0 Å². The fourth-order valence-electron chi connectivity index (χ4n) is 2.92. The molecule has 0 aromatic carbocycles. The topological polar surface area (TPSA) is 54.0 Å². The van der Waals surface area contributed by atoms with Crippen molar-refractivity contribution < 1.29 is 4.79 Å². The van der Waals surface area contributed by atoms with Crippen LogP contribution in [-0.2, 0) is 17.6 Å². The van der Waals surface area contributed by atoms with Gasteiger partial charge in [-0.25, -0.2) is 4.98 Å². The summed E-state index contributed by atoms with van der Waals surface area (Å²) in [5.74, 6) is 0.675. The molecule has 0 unspecified atom stereocenters. The summed E-state index contributed by atoms with van der Waals surface area (Å²) < 4.78 is 0. The van der Waals surface area contributed by atoms with Gasteiger partial charge in [0.2, 0.25) is 5.91 Å². The monoisotopic (exact) mass is 279 g/mol. The lowest BCUT2D eigenvalue weighted by atomic mass is 9.94. The molecule has 0 bridgehead atoms. The molecular weight excluding hydrogens is 258 g/mol. The zero-order valence-electron chi connectivity index (χ0n) is 11.2. The van der Waals surface area contributed by atoms with Crippen molar-refractivity contribution in [1.29, 1.82) is 0 Å². The number of aromatic nitrogens is 1. The van der Waals surface area contributed by atoms with Crippen molar-refractivity contribution in [1.82, 2.24) is 10.3 Å². The van der Waals surface area contributed by atoms with Gasteiger partial charge in [0, 0.05) is 11.3 Å². The highest BCUT2D eigenvalue weighted by Gasteiger charge is 2.19. The van der Waals surface area contributed by atoms with Crippen LogP contribution in [0.2, 0.25) is 0 Å². The number of piperidine rings is 1. The van der Waals surface area contributed by atoms with Crippen molar-refractivity contribution >= 4 is 22.4 Å². The number of aryl methyl sites for hydroxylation is 2. The van der Waals surface area contributed by atoms with E-state index in [1.54, 1.807) is 11.3 Å². The standard InChI is InChI=1S/C14H21N3OS/c18-13(9-10-5-7-15-8-6-10)17-14-16-11-3-1-2-4-12(11)19-14/h10,15H,1-9H2,(H,16,17,18). The van der Waals surface area contributed by atoms with Crippen molar-refractivity contribution in [2.45, 2.75) is 44.9 Å². The molecule has 1 aliphatic heterocycles. The Bertz CT molecular complexity index is 428. The number of rotatable bonds is 3. The van der Waals surface area contributed by atoms with E-state index < -0.39 is 0 Å². The number of amides is 1. The number of hydrogen-bond acceptors (Lipinski definition) is 4. The van der Waals surface area contributed by atoms with Gasteiger partial charge in [0.15, 0.2) is 5.13 Å². The van der Waals surface area contributed by atoms with Gasteiger partial charge in [0.05, 0.1) is 5.69 Å². The molecule has 104 valence electrons. The lowest BCUT2D eigenvalue weighted by molar-refractivity contribution is -0.117. The zero-order valence-corrected chi connectivity index (χ0v) is 12.0. The van der Waals surface area contributed by atoms with E-state index in [0.717, 1.165) is 43.9 Å². The number of carbonyl (C=O) groups excluding carboxylic acids is 1. The van der Waals surface area contributed by atoms with Gasteiger partial charge in [0.1, 0.15) is 0 Å². The van der Waals surface area contributed by atoms with Gasteiger partial charge in [-0.15, -0.1) is 11.3 Å². The summed E-state index contributed by atoms with van der Waals surface area (Å²) in [6, 6.07) is 0. The second-order valence-electron chi connectivity index (χ2n) is 5.54. The van der Waals surface area contributed by atoms with Crippen LogP contribution >= 0.6 is 11.3 Å². The largest absolute Gasteiger partial charge is 0.317 e. The van der Waals surface area contributed by atoms with Crippen LogP contribution in [0.5, 0.6) is 0 Å². The third-order valence-corrected chi connectivity index (χ3v) is 5.10. The van der Waals surface area contributed by atoms with Crippen LogP contribution in [0.25, 0.3) is 0 Å². The van der Waals surface area contributed by atoms with Crippen LogP contribution in [0.3, 0.4) is 0 Å². The van der Waals surface area contributed by atoms with Gasteiger partial charge in [-0.2, -0.15) is 0 Å². The molecule has 19 heavy (non-hydrogen) atoms. The van der Waals surface area contributed by atoms with Gasteiger partial charge in [-0.3, -0.25) is 4.79 Å². The first kappa shape index (κ1) is 13.1. The highest BCUT2D eigenvalue weighted by Crippen LogP contribution is 2.29. The predicted molar refractivity (Wildman–Crippen MR) is 77.6 cm³/mol. The molecule has 2 heterocycles. The van der Waals surface area contributed by atoms with E-state index in [4.69, 9.17) is 0 Å². The van der Waals surface area contributed by atoms with Crippen LogP contribution in [0.4, 0.5) is 5.13 Å². The smallest absolute Gasteiger partial charge is 0.226 e. The molecule has 1 fully saturated rings. The first-order chi connectivity index (χ1) is 9.31. The molecule has 2 N–H and O–H groups in total. The van der Waals surface area contributed by atoms with Crippen molar-refractivity contribution in [3.63, 3.8) is 0 Å². The maximum atomic E-state index is 12.0. The molecule has 2 aliphatic rings. The average molecular weight is 279 g/mol. The molecule has 5 heteroatoms. The predicted octanol–water partition coefficient (Wildman–Crippen LogP) is 2.35. The number of hydrogen-bond donors (Lipinski definition) is 2. The quantitative estimate of drug-likeness (QED) is 0.893. The summed E-state index contributed by atoms with van der Waals surface area (Å²) in [5.41, 5.74) is 1.22. The van der Waals surface area contributed by atoms with Crippen LogP contribution < -0.4 is 10.6 Å². The summed E-state index contributed by atoms with van der Waals surface area (Å²) in [5, 5.41) is 7.13. The number of nitrogens with one attached hydrogen (secondary N) is 2. The van der Waals surface area contributed by atoms with Gasteiger partial charge in [-0.05, 0) is 57.5 Å². The highest BCUT2D eigenvalue weighted by molar-refractivity contribution is 7.15. The minimum absolute atomic E-state index is 0.137. The normalized spacial score (nSPS) is 20.0. The molecular formula is C14H21N3OS. The lowest BCUT2D eigenvalue weighted by Gasteiger charge is -2.21. The Morgan fingerprint density at radius 2 is 2.11 bits per heavy atom.